The highest BCUT2D eigenvalue weighted by Gasteiger charge is 2.20. The summed E-state index contributed by atoms with van der Waals surface area (Å²) < 4.78 is 4.89. The summed E-state index contributed by atoms with van der Waals surface area (Å²) in [6.07, 6.45) is 6.79. The molecule has 1 aliphatic carbocycles. The largest absolute Gasteiger partial charge is 0.466 e. The van der Waals surface area contributed by atoms with E-state index in [1.54, 1.807) is 0 Å². The zero-order valence-electron chi connectivity index (χ0n) is 10.6. The predicted molar refractivity (Wildman–Crippen MR) is 65.3 cm³/mol. The van der Waals surface area contributed by atoms with Gasteiger partial charge < -0.3 is 10.1 Å². The average molecular weight is 227 g/mol. The average Bonchev–Trinajstić information content (AvgIpc) is 2.27. The van der Waals surface area contributed by atoms with Gasteiger partial charge in [0.1, 0.15) is 0 Å². The standard InChI is InChI=1S/C13H25NO2/c1-3-16-13(15)9-6-10-14-12-8-5-4-7-11(12)2/h11-12,14H,3-10H2,1-2H3. The summed E-state index contributed by atoms with van der Waals surface area (Å²) in [5.74, 6) is 0.720. The van der Waals surface area contributed by atoms with Crippen molar-refractivity contribution in [3.63, 3.8) is 0 Å². The maximum Gasteiger partial charge on any atom is 0.305 e. The molecule has 1 fully saturated rings. The van der Waals surface area contributed by atoms with Gasteiger partial charge in [0.05, 0.1) is 6.61 Å². The zero-order valence-corrected chi connectivity index (χ0v) is 10.6. The molecule has 0 aromatic heterocycles. The lowest BCUT2D eigenvalue weighted by Gasteiger charge is -2.29. The van der Waals surface area contributed by atoms with Crippen LogP contribution in [0.25, 0.3) is 0 Å². The van der Waals surface area contributed by atoms with Gasteiger partial charge in [-0.05, 0) is 38.6 Å². The molecule has 1 N–H and O–H groups in total. The van der Waals surface area contributed by atoms with E-state index in [0.29, 0.717) is 19.1 Å². The minimum atomic E-state index is -0.0685. The fraction of sp³-hybridized carbons (Fsp3) is 0.923. The highest BCUT2D eigenvalue weighted by atomic mass is 16.5. The quantitative estimate of drug-likeness (QED) is 0.559. The molecule has 0 heterocycles. The lowest BCUT2D eigenvalue weighted by atomic mass is 9.86. The Hall–Kier alpha value is -0.570. The first-order valence-electron chi connectivity index (χ1n) is 6.63. The van der Waals surface area contributed by atoms with E-state index in [1.165, 1.54) is 25.7 Å². The molecule has 1 rings (SSSR count). The number of ether oxygens (including phenoxy) is 1. The van der Waals surface area contributed by atoms with Gasteiger partial charge in [-0.2, -0.15) is 0 Å². The van der Waals surface area contributed by atoms with Crippen molar-refractivity contribution in [2.24, 2.45) is 5.92 Å². The van der Waals surface area contributed by atoms with E-state index < -0.39 is 0 Å². The number of esters is 1. The molecule has 1 aliphatic rings. The van der Waals surface area contributed by atoms with Gasteiger partial charge in [0, 0.05) is 12.5 Å². The summed E-state index contributed by atoms with van der Waals surface area (Å²) in [5.41, 5.74) is 0. The van der Waals surface area contributed by atoms with Gasteiger partial charge in [-0.25, -0.2) is 0 Å². The van der Waals surface area contributed by atoms with Gasteiger partial charge >= 0.3 is 5.97 Å². The summed E-state index contributed by atoms with van der Waals surface area (Å²) >= 11 is 0. The summed E-state index contributed by atoms with van der Waals surface area (Å²) in [6, 6.07) is 0.663. The molecule has 0 saturated heterocycles. The van der Waals surface area contributed by atoms with Crippen LogP contribution < -0.4 is 5.32 Å². The van der Waals surface area contributed by atoms with Crippen LogP contribution in [0.4, 0.5) is 0 Å². The molecule has 1 saturated carbocycles. The van der Waals surface area contributed by atoms with Crippen LogP contribution >= 0.6 is 0 Å². The van der Waals surface area contributed by atoms with Crippen LogP contribution in [-0.2, 0) is 9.53 Å². The zero-order chi connectivity index (χ0) is 11.8. The fourth-order valence-corrected chi connectivity index (χ4v) is 2.37. The number of hydrogen-bond donors (Lipinski definition) is 1. The van der Waals surface area contributed by atoms with Crippen LogP contribution in [0.2, 0.25) is 0 Å². The third kappa shape index (κ3) is 4.97. The molecule has 0 spiro atoms. The van der Waals surface area contributed by atoms with Crippen LogP contribution in [0, 0.1) is 5.92 Å². The van der Waals surface area contributed by atoms with Gasteiger partial charge in [-0.3, -0.25) is 4.79 Å². The van der Waals surface area contributed by atoms with E-state index in [-0.39, 0.29) is 5.97 Å². The Morgan fingerprint density at radius 3 is 2.81 bits per heavy atom. The van der Waals surface area contributed by atoms with Crippen LogP contribution in [-0.4, -0.2) is 25.2 Å². The summed E-state index contributed by atoms with van der Waals surface area (Å²) in [7, 11) is 0. The third-order valence-corrected chi connectivity index (χ3v) is 3.38. The number of hydrogen-bond acceptors (Lipinski definition) is 3. The van der Waals surface area contributed by atoms with E-state index in [9.17, 15) is 4.79 Å². The Bertz CT molecular complexity index is 206. The molecular weight excluding hydrogens is 202 g/mol. The van der Waals surface area contributed by atoms with Crippen LogP contribution in [0.15, 0.2) is 0 Å². The van der Waals surface area contributed by atoms with Crippen molar-refractivity contribution >= 4 is 5.97 Å². The molecule has 0 aromatic carbocycles. The summed E-state index contributed by atoms with van der Waals surface area (Å²) in [6.45, 7) is 5.60. The summed E-state index contributed by atoms with van der Waals surface area (Å²) in [4.78, 5) is 11.1. The van der Waals surface area contributed by atoms with E-state index in [2.05, 4.69) is 12.2 Å². The molecule has 0 bridgehead atoms. The topological polar surface area (TPSA) is 38.3 Å². The SMILES string of the molecule is CCOC(=O)CCCNC1CCCCC1C. The van der Waals surface area contributed by atoms with Crippen molar-refractivity contribution in [3.05, 3.63) is 0 Å². The first-order valence-corrected chi connectivity index (χ1v) is 6.63. The van der Waals surface area contributed by atoms with E-state index in [1.807, 2.05) is 6.92 Å². The Kier molecular flexibility index (Phi) is 6.46. The second-order valence-corrected chi connectivity index (χ2v) is 4.73. The fourth-order valence-electron chi connectivity index (χ4n) is 2.37. The van der Waals surface area contributed by atoms with Crippen molar-refractivity contribution in [1.29, 1.82) is 0 Å². The van der Waals surface area contributed by atoms with Crippen molar-refractivity contribution in [2.45, 2.75) is 58.4 Å². The molecule has 0 amide bonds. The van der Waals surface area contributed by atoms with E-state index in [0.717, 1.165) is 18.9 Å². The lowest BCUT2D eigenvalue weighted by Crippen LogP contribution is -2.37. The highest BCUT2D eigenvalue weighted by molar-refractivity contribution is 5.69. The van der Waals surface area contributed by atoms with Crippen molar-refractivity contribution in [1.82, 2.24) is 5.32 Å². The predicted octanol–water partition coefficient (Wildman–Crippen LogP) is 2.50. The second-order valence-electron chi connectivity index (χ2n) is 4.73. The third-order valence-electron chi connectivity index (χ3n) is 3.38. The minimum absolute atomic E-state index is 0.0685. The Balaban J connectivity index is 2.03. The van der Waals surface area contributed by atoms with Gasteiger partial charge in [-0.15, -0.1) is 0 Å². The number of carbonyl (C=O) groups excluding carboxylic acids is 1. The molecule has 0 aliphatic heterocycles. The molecule has 0 radical (unpaired) electrons. The minimum Gasteiger partial charge on any atom is -0.466 e. The molecule has 94 valence electrons. The first-order chi connectivity index (χ1) is 7.74. The Labute approximate surface area is 98.9 Å². The van der Waals surface area contributed by atoms with Gasteiger partial charge in [0.2, 0.25) is 0 Å². The molecule has 2 atom stereocenters. The molecule has 16 heavy (non-hydrogen) atoms. The summed E-state index contributed by atoms with van der Waals surface area (Å²) in [5, 5.41) is 3.56. The maximum absolute atomic E-state index is 11.1. The van der Waals surface area contributed by atoms with Crippen molar-refractivity contribution in [3.8, 4) is 0 Å². The molecule has 3 nitrogen and oxygen atoms in total. The number of nitrogens with one attached hydrogen (secondary N) is 1. The van der Waals surface area contributed by atoms with E-state index in [4.69, 9.17) is 4.74 Å². The molecule has 3 heteroatoms. The molecule has 2 unspecified atom stereocenters. The smallest absolute Gasteiger partial charge is 0.305 e. The number of carbonyl (C=O) groups is 1. The molecular formula is C13H25NO2. The van der Waals surface area contributed by atoms with Gasteiger partial charge in [-0.1, -0.05) is 19.8 Å². The van der Waals surface area contributed by atoms with Gasteiger partial charge in [0.25, 0.3) is 0 Å². The van der Waals surface area contributed by atoms with E-state index >= 15 is 0 Å². The highest BCUT2D eigenvalue weighted by Crippen LogP contribution is 2.23. The second kappa shape index (κ2) is 7.66. The normalized spacial score (nSPS) is 25.4. The monoisotopic (exact) mass is 227 g/mol. The van der Waals surface area contributed by atoms with Crippen LogP contribution in [0.1, 0.15) is 52.4 Å². The molecule has 0 aromatic rings. The number of rotatable bonds is 6. The Morgan fingerprint density at radius 1 is 1.38 bits per heavy atom. The van der Waals surface area contributed by atoms with Gasteiger partial charge in [0.15, 0.2) is 0 Å². The van der Waals surface area contributed by atoms with Crippen molar-refractivity contribution in [2.75, 3.05) is 13.2 Å². The van der Waals surface area contributed by atoms with Crippen LogP contribution in [0.3, 0.4) is 0 Å². The van der Waals surface area contributed by atoms with Crippen molar-refractivity contribution < 1.29 is 9.53 Å². The van der Waals surface area contributed by atoms with Crippen LogP contribution in [0.5, 0.6) is 0 Å². The maximum atomic E-state index is 11.1. The lowest BCUT2D eigenvalue weighted by molar-refractivity contribution is -0.143. The first kappa shape index (κ1) is 13.5. The Morgan fingerprint density at radius 2 is 2.12 bits per heavy atom.